The average molecular weight is 586 g/mol. The van der Waals surface area contributed by atoms with Crippen molar-refractivity contribution >= 4 is 43.5 Å². The summed E-state index contributed by atoms with van der Waals surface area (Å²) in [5.41, 5.74) is 4.51. The van der Waals surface area contributed by atoms with Crippen molar-refractivity contribution in [3.8, 4) is 44.5 Å². The van der Waals surface area contributed by atoms with E-state index in [-0.39, 0.29) is 32.7 Å². The van der Waals surface area contributed by atoms with E-state index in [1.54, 1.807) is 18.2 Å². The molecule has 8 aromatic carbocycles. The Morgan fingerprint density at radius 3 is 1.67 bits per heavy atom. The number of hydrogen-bond donors (Lipinski definition) is 0. The van der Waals surface area contributed by atoms with Crippen LogP contribution in [0.1, 0.15) is 17.8 Å². The second-order valence-corrected chi connectivity index (χ2v) is 10.7. The topological polar surface area (TPSA) is 13.1 Å². The van der Waals surface area contributed by atoms with E-state index in [4.69, 9.17) is 16.8 Å². The molecule has 0 saturated heterocycles. The van der Waals surface area contributed by atoms with E-state index in [0.29, 0.717) is 22.3 Å². The first-order chi connectivity index (χ1) is 27.7. The van der Waals surface area contributed by atoms with Crippen LogP contribution in [0.15, 0.2) is 174 Å². The first-order valence-corrected chi connectivity index (χ1v) is 14.4. The Labute approximate surface area is 279 Å². The average Bonchev–Trinajstić information content (AvgIpc) is 3.62. The molecule has 0 bridgehead atoms. The molecule has 45 heavy (non-hydrogen) atoms. The summed E-state index contributed by atoms with van der Waals surface area (Å²) in [5, 5.41) is 1.02. The molecule has 0 atom stereocenters. The number of rotatable bonds is 4. The van der Waals surface area contributed by atoms with Crippen molar-refractivity contribution in [3.05, 3.63) is 170 Å². The van der Waals surface area contributed by atoms with Crippen LogP contribution in [0.25, 0.3) is 88.0 Å². The minimum absolute atomic E-state index is 0.0724. The Morgan fingerprint density at radius 2 is 0.956 bits per heavy atom. The van der Waals surface area contributed by atoms with Gasteiger partial charge in [-0.3, -0.25) is 0 Å². The van der Waals surface area contributed by atoms with E-state index in [2.05, 4.69) is 0 Å². The van der Waals surface area contributed by atoms with Crippen molar-refractivity contribution in [1.29, 1.82) is 0 Å². The summed E-state index contributed by atoms with van der Waals surface area (Å²) in [5.74, 6) is 0. The van der Waals surface area contributed by atoms with Crippen LogP contribution in [0.5, 0.6) is 0 Å². The highest BCUT2D eigenvalue weighted by atomic mass is 16.3. The largest absolute Gasteiger partial charge is 0.456 e. The molecule has 1 heteroatoms. The van der Waals surface area contributed by atoms with E-state index >= 15 is 0 Å². The van der Waals surface area contributed by atoms with Crippen molar-refractivity contribution in [1.82, 2.24) is 0 Å². The van der Waals surface area contributed by atoms with Gasteiger partial charge >= 0.3 is 0 Å². The molecule has 0 saturated carbocycles. The van der Waals surface area contributed by atoms with Crippen molar-refractivity contribution in [2.24, 2.45) is 0 Å². The van der Waals surface area contributed by atoms with Gasteiger partial charge in [-0.1, -0.05) is 145 Å². The quantitative estimate of drug-likeness (QED) is 0.187. The van der Waals surface area contributed by atoms with Gasteiger partial charge in [-0.05, 0) is 90.3 Å². The number of fused-ring (bicyclic) bond motifs is 5. The minimum atomic E-state index is -0.714. The van der Waals surface area contributed by atoms with E-state index in [1.807, 2.05) is 72.8 Å². The third kappa shape index (κ3) is 4.17. The lowest BCUT2D eigenvalue weighted by Crippen LogP contribution is -1.91. The third-order valence-corrected chi connectivity index (χ3v) is 8.19. The third-order valence-electron chi connectivity index (χ3n) is 8.19. The Hall–Kier alpha value is -5.92. The van der Waals surface area contributed by atoms with E-state index in [1.165, 1.54) is 0 Å². The lowest BCUT2D eigenvalue weighted by molar-refractivity contribution is 0.669. The maximum Gasteiger partial charge on any atom is 0.136 e. The van der Waals surface area contributed by atoms with Crippen LogP contribution < -0.4 is 0 Å². The summed E-state index contributed by atoms with van der Waals surface area (Å²) in [6.45, 7) is 0. The molecule has 9 aromatic rings. The van der Waals surface area contributed by atoms with E-state index in [0.717, 1.165) is 27.5 Å². The summed E-state index contributed by atoms with van der Waals surface area (Å²) in [7, 11) is 0. The van der Waals surface area contributed by atoms with Gasteiger partial charge in [-0.2, -0.15) is 0 Å². The normalized spacial score (nSPS) is 15.6. The van der Waals surface area contributed by atoms with Gasteiger partial charge in [0.05, 0.1) is 17.8 Å². The molecule has 1 heterocycles. The van der Waals surface area contributed by atoms with E-state index < -0.39 is 84.1 Å². The van der Waals surface area contributed by atoms with Gasteiger partial charge in [0.15, 0.2) is 0 Å². The van der Waals surface area contributed by atoms with Gasteiger partial charge in [0.2, 0.25) is 0 Å². The summed E-state index contributed by atoms with van der Waals surface area (Å²) in [6, 6.07) is 20.4. The van der Waals surface area contributed by atoms with Crippen molar-refractivity contribution in [2.45, 2.75) is 0 Å². The molecular formula is C44H28O. The van der Waals surface area contributed by atoms with Crippen LogP contribution in [0.3, 0.4) is 0 Å². The highest BCUT2D eigenvalue weighted by molar-refractivity contribution is 6.21. The standard InChI is InChI=1S/C44H28O/c1-3-13-29(14-4-1)34-23-12-24-41-44(34)39-28-32(25-26-40(39)45-41)31-17-11-18-33(27-31)43-37-21-9-7-19-35(37)42(30-15-5-2-6-16-30)36-20-8-10-22-38(36)43/h1-28H/i2D,5D,6D,7D,8D,9D,10D,15D,16D,19D,20D,21D,22D. The van der Waals surface area contributed by atoms with Crippen LogP contribution in [-0.2, 0) is 0 Å². The van der Waals surface area contributed by atoms with Gasteiger partial charge < -0.3 is 4.42 Å². The molecule has 0 aliphatic carbocycles. The summed E-state index contributed by atoms with van der Waals surface area (Å²) >= 11 is 0. The molecule has 0 unspecified atom stereocenters. The molecule has 0 amide bonds. The second-order valence-electron chi connectivity index (χ2n) is 10.7. The maximum absolute atomic E-state index is 9.26. The Morgan fingerprint density at radius 1 is 0.378 bits per heavy atom. The number of benzene rings is 8. The van der Waals surface area contributed by atoms with Gasteiger partial charge in [0.25, 0.3) is 0 Å². The SMILES string of the molecule is [2H]c1c([2H])c([2H])c(-c2c3c([2H])c([2H])c([2H])c([2H])c3c(-c3cccc(-c4ccc5oc6cccc(-c7ccccc7)c6c5c4)c3)c3c([2H])c([2H])c([2H])c([2H])c23)c([2H])c1[2H]. The molecule has 0 aliphatic rings. The molecule has 0 radical (unpaired) electrons. The lowest BCUT2D eigenvalue weighted by Gasteiger charge is -2.18. The molecule has 1 aromatic heterocycles. The van der Waals surface area contributed by atoms with Gasteiger partial charge in [0.1, 0.15) is 11.2 Å². The highest BCUT2D eigenvalue weighted by Crippen LogP contribution is 2.44. The van der Waals surface area contributed by atoms with Gasteiger partial charge in [-0.15, -0.1) is 0 Å². The monoisotopic (exact) mass is 585 g/mol. The predicted molar refractivity (Wildman–Crippen MR) is 190 cm³/mol. The van der Waals surface area contributed by atoms with Crippen molar-refractivity contribution in [3.63, 3.8) is 0 Å². The highest BCUT2D eigenvalue weighted by Gasteiger charge is 2.17. The van der Waals surface area contributed by atoms with Crippen molar-refractivity contribution < 1.29 is 22.2 Å². The predicted octanol–water partition coefficient (Wildman–Crippen LogP) is 12.6. The molecule has 1 nitrogen and oxygen atoms in total. The lowest BCUT2D eigenvalue weighted by atomic mass is 9.85. The number of hydrogen-bond acceptors (Lipinski definition) is 1. The molecule has 210 valence electrons. The van der Waals surface area contributed by atoms with Crippen molar-refractivity contribution in [2.75, 3.05) is 0 Å². The zero-order chi connectivity index (χ0) is 41.1. The first-order valence-electron chi connectivity index (χ1n) is 20.9. The number of furan rings is 1. The Bertz CT molecular complexity index is 3150. The summed E-state index contributed by atoms with van der Waals surface area (Å²) in [4.78, 5) is 0. The fourth-order valence-corrected chi connectivity index (χ4v) is 6.26. The Balaban J connectivity index is 1.41. The molecular weight excluding hydrogens is 544 g/mol. The smallest absolute Gasteiger partial charge is 0.136 e. The summed E-state index contributed by atoms with van der Waals surface area (Å²) in [6.07, 6.45) is 0. The minimum Gasteiger partial charge on any atom is -0.456 e. The Kier molecular flexibility index (Phi) is 3.62. The molecule has 0 aliphatic heterocycles. The summed E-state index contributed by atoms with van der Waals surface area (Å²) < 4.78 is 121. The molecule has 9 rings (SSSR count). The molecule has 0 fully saturated rings. The van der Waals surface area contributed by atoms with Crippen LogP contribution >= 0.6 is 0 Å². The zero-order valence-corrected chi connectivity index (χ0v) is 23.6. The second kappa shape index (κ2) is 10.4. The molecule has 0 spiro atoms. The van der Waals surface area contributed by atoms with Crippen LogP contribution in [0, 0.1) is 0 Å². The fourth-order valence-electron chi connectivity index (χ4n) is 6.26. The van der Waals surface area contributed by atoms with Gasteiger partial charge in [-0.25, -0.2) is 0 Å². The first kappa shape index (κ1) is 15.7. The maximum atomic E-state index is 9.26. The van der Waals surface area contributed by atoms with Crippen LogP contribution in [0.2, 0.25) is 0 Å². The van der Waals surface area contributed by atoms with E-state index in [9.17, 15) is 5.48 Å². The van der Waals surface area contributed by atoms with Gasteiger partial charge in [0, 0.05) is 10.8 Å². The van der Waals surface area contributed by atoms with Crippen LogP contribution in [0.4, 0.5) is 0 Å². The fraction of sp³-hybridized carbons (Fsp3) is 0. The molecule has 0 N–H and O–H groups in total. The van der Waals surface area contributed by atoms with Crippen LogP contribution in [-0.4, -0.2) is 0 Å². The zero-order valence-electron chi connectivity index (χ0n) is 36.6.